The lowest BCUT2D eigenvalue weighted by Gasteiger charge is -2.02. The highest BCUT2D eigenvalue weighted by Crippen LogP contribution is 2.13. The standard InChI is InChI=1S/C11H20ClN3O2S/c1-3-4-5-10-14-9(11(12)15-10)8-13-6-7-18(2,16)17/h13H,3-8H2,1-2H3,(H,14,15). The maximum absolute atomic E-state index is 10.9. The lowest BCUT2D eigenvalue weighted by molar-refractivity contribution is 0.596. The Balaban J connectivity index is 2.40. The zero-order valence-electron chi connectivity index (χ0n) is 10.8. The molecule has 0 aliphatic rings. The lowest BCUT2D eigenvalue weighted by Crippen LogP contribution is -2.22. The number of imidazole rings is 1. The molecule has 1 heterocycles. The zero-order chi connectivity index (χ0) is 13.6. The van der Waals surface area contributed by atoms with E-state index in [0.717, 1.165) is 30.8 Å². The van der Waals surface area contributed by atoms with Crippen LogP contribution in [-0.4, -0.2) is 36.9 Å². The van der Waals surface area contributed by atoms with Gasteiger partial charge in [-0.3, -0.25) is 0 Å². The van der Waals surface area contributed by atoms with Crippen molar-refractivity contribution in [2.45, 2.75) is 32.7 Å². The molecular formula is C11H20ClN3O2S. The molecular weight excluding hydrogens is 274 g/mol. The maximum Gasteiger partial charge on any atom is 0.151 e. The average Bonchev–Trinajstić information content (AvgIpc) is 2.61. The Labute approximate surface area is 113 Å². The van der Waals surface area contributed by atoms with Crippen LogP contribution in [0, 0.1) is 0 Å². The molecule has 0 aromatic carbocycles. The molecule has 0 amide bonds. The van der Waals surface area contributed by atoms with Crippen LogP contribution < -0.4 is 5.32 Å². The zero-order valence-corrected chi connectivity index (χ0v) is 12.4. The molecule has 1 aromatic rings. The fourth-order valence-corrected chi connectivity index (χ4v) is 2.22. The van der Waals surface area contributed by atoms with Gasteiger partial charge in [0.05, 0.1) is 11.4 Å². The van der Waals surface area contributed by atoms with Crippen molar-refractivity contribution < 1.29 is 8.42 Å². The average molecular weight is 294 g/mol. The van der Waals surface area contributed by atoms with E-state index in [9.17, 15) is 8.42 Å². The Morgan fingerprint density at radius 3 is 2.78 bits per heavy atom. The molecule has 0 radical (unpaired) electrons. The minimum atomic E-state index is -2.92. The third kappa shape index (κ3) is 5.84. The fourth-order valence-electron chi connectivity index (χ4n) is 1.49. The van der Waals surface area contributed by atoms with Gasteiger partial charge in [0.1, 0.15) is 15.7 Å². The minimum Gasteiger partial charge on any atom is -0.344 e. The summed E-state index contributed by atoms with van der Waals surface area (Å²) >= 11 is 5.99. The van der Waals surface area contributed by atoms with E-state index in [4.69, 9.17) is 11.6 Å². The monoisotopic (exact) mass is 293 g/mol. The van der Waals surface area contributed by atoms with Gasteiger partial charge in [-0.05, 0) is 6.42 Å². The van der Waals surface area contributed by atoms with Crippen molar-refractivity contribution in [1.29, 1.82) is 0 Å². The van der Waals surface area contributed by atoms with Gasteiger partial charge in [0.15, 0.2) is 5.15 Å². The minimum absolute atomic E-state index is 0.126. The molecule has 1 aromatic heterocycles. The van der Waals surface area contributed by atoms with Gasteiger partial charge in [-0.1, -0.05) is 24.9 Å². The SMILES string of the molecule is CCCCc1nc(Cl)c(CNCCS(C)(=O)=O)[nH]1. The van der Waals surface area contributed by atoms with Gasteiger partial charge in [-0.15, -0.1) is 0 Å². The molecule has 0 bridgehead atoms. The number of sulfone groups is 1. The summed E-state index contributed by atoms with van der Waals surface area (Å²) in [5.74, 6) is 1.02. The van der Waals surface area contributed by atoms with E-state index in [1.165, 1.54) is 6.26 Å². The van der Waals surface area contributed by atoms with Crippen molar-refractivity contribution in [2.24, 2.45) is 0 Å². The largest absolute Gasteiger partial charge is 0.344 e. The second-order valence-corrected chi connectivity index (χ2v) is 6.98. The first-order chi connectivity index (χ1) is 8.42. The van der Waals surface area contributed by atoms with Crippen LogP contribution in [0.3, 0.4) is 0 Å². The first-order valence-corrected chi connectivity index (χ1v) is 8.48. The number of halogens is 1. The van der Waals surface area contributed by atoms with Crippen LogP contribution in [0.15, 0.2) is 0 Å². The highest BCUT2D eigenvalue weighted by molar-refractivity contribution is 7.90. The number of unbranched alkanes of at least 4 members (excludes halogenated alkanes) is 1. The molecule has 104 valence electrons. The Bertz CT molecular complexity index is 471. The maximum atomic E-state index is 10.9. The molecule has 0 saturated carbocycles. The molecule has 18 heavy (non-hydrogen) atoms. The molecule has 1 rings (SSSR count). The van der Waals surface area contributed by atoms with E-state index in [-0.39, 0.29) is 5.75 Å². The van der Waals surface area contributed by atoms with Crippen molar-refractivity contribution in [3.63, 3.8) is 0 Å². The molecule has 2 N–H and O–H groups in total. The number of hydrogen-bond acceptors (Lipinski definition) is 4. The highest BCUT2D eigenvalue weighted by Gasteiger charge is 2.08. The van der Waals surface area contributed by atoms with E-state index >= 15 is 0 Å². The summed E-state index contributed by atoms with van der Waals surface area (Å²) in [6.07, 6.45) is 4.30. The summed E-state index contributed by atoms with van der Waals surface area (Å²) in [7, 11) is -2.92. The first kappa shape index (κ1) is 15.5. The number of nitrogens with one attached hydrogen (secondary N) is 2. The second kappa shape index (κ2) is 7.11. The highest BCUT2D eigenvalue weighted by atomic mass is 35.5. The van der Waals surface area contributed by atoms with Crippen LogP contribution in [0.5, 0.6) is 0 Å². The van der Waals surface area contributed by atoms with Gasteiger partial charge in [0.25, 0.3) is 0 Å². The second-order valence-electron chi connectivity index (χ2n) is 4.36. The van der Waals surface area contributed by atoms with E-state index in [1.54, 1.807) is 0 Å². The predicted octanol–water partition coefficient (Wildman–Crippen LogP) is 1.54. The van der Waals surface area contributed by atoms with Crippen LogP contribution in [0.1, 0.15) is 31.3 Å². The van der Waals surface area contributed by atoms with Crippen LogP contribution in [0.4, 0.5) is 0 Å². The Morgan fingerprint density at radius 1 is 1.44 bits per heavy atom. The van der Waals surface area contributed by atoms with Crippen molar-refractivity contribution in [3.05, 3.63) is 16.7 Å². The number of nitrogens with zero attached hydrogens (tertiary/aromatic N) is 1. The molecule has 0 atom stereocenters. The van der Waals surface area contributed by atoms with Crippen LogP contribution >= 0.6 is 11.6 Å². The van der Waals surface area contributed by atoms with Gasteiger partial charge in [-0.25, -0.2) is 13.4 Å². The number of aromatic amines is 1. The smallest absolute Gasteiger partial charge is 0.151 e. The summed E-state index contributed by atoms with van der Waals surface area (Å²) in [5.41, 5.74) is 0.816. The van der Waals surface area contributed by atoms with Gasteiger partial charge in [0.2, 0.25) is 0 Å². The number of aromatic nitrogens is 2. The van der Waals surface area contributed by atoms with Gasteiger partial charge < -0.3 is 10.3 Å². The van der Waals surface area contributed by atoms with E-state index in [0.29, 0.717) is 18.2 Å². The van der Waals surface area contributed by atoms with E-state index < -0.39 is 9.84 Å². The van der Waals surface area contributed by atoms with Crippen LogP contribution in [-0.2, 0) is 22.8 Å². The fraction of sp³-hybridized carbons (Fsp3) is 0.727. The number of rotatable bonds is 8. The van der Waals surface area contributed by atoms with Gasteiger partial charge in [-0.2, -0.15) is 0 Å². The molecule has 5 nitrogen and oxygen atoms in total. The molecule has 0 aliphatic heterocycles. The normalized spacial score (nSPS) is 11.9. The van der Waals surface area contributed by atoms with Crippen LogP contribution in [0.25, 0.3) is 0 Å². The van der Waals surface area contributed by atoms with Gasteiger partial charge in [0, 0.05) is 25.8 Å². The first-order valence-electron chi connectivity index (χ1n) is 6.04. The Morgan fingerprint density at radius 2 is 2.17 bits per heavy atom. The number of H-pyrrole nitrogens is 1. The number of hydrogen-bond donors (Lipinski definition) is 2. The molecule has 0 aliphatic carbocycles. The molecule has 0 fully saturated rings. The van der Waals surface area contributed by atoms with E-state index in [1.807, 2.05) is 0 Å². The quantitative estimate of drug-likeness (QED) is 0.713. The van der Waals surface area contributed by atoms with Crippen molar-refractivity contribution in [1.82, 2.24) is 15.3 Å². The summed E-state index contributed by atoms with van der Waals surface area (Å²) in [4.78, 5) is 7.39. The lowest BCUT2D eigenvalue weighted by atomic mass is 10.2. The molecule has 0 spiro atoms. The summed E-state index contributed by atoms with van der Waals surface area (Å²) in [6.45, 7) is 3.05. The topological polar surface area (TPSA) is 74.8 Å². The molecule has 0 unspecified atom stereocenters. The van der Waals surface area contributed by atoms with Crippen molar-refractivity contribution in [3.8, 4) is 0 Å². The van der Waals surface area contributed by atoms with E-state index in [2.05, 4.69) is 22.2 Å². The van der Waals surface area contributed by atoms with Crippen molar-refractivity contribution in [2.75, 3.05) is 18.6 Å². The third-order valence-electron chi connectivity index (χ3n) is 2.50. The molecule has 0 saturated heterocycles. The third-order valence-corrected chi connectivity index (χ3v) is 3.75. The summed E-state index contributed by atoms with van der Waals surface area (Å²) in [6, 6.07) is 0. The Kier molecular flexibility index (Phi) is 6.11. The molecule has 7 heteroatoms. The van der Waals surface area contributed by atoms with Crippen LogP contribution in [0.2, 0.25) is 5.15 Å². The van der Waals surface area contributed by atoms with Gasteiger partial charge >= 0.3 is 0 Å². The van der Waals surface area contributed by atoms with Crippen molar-refractivity contribution >= 4 is 21.4 Å². The summed E-state index contributed by atoms with van der Waals surface area (Å²) < 4.78 is 21.9. The predicted molar refractivity (Wildman–Crippen MR) is 73.6 cm³/mol. The Hall–Kier alpha value is -0.590. The summed E-state index contributed by atoms with van der Waals surface area (Å²) in [5, 5.41) is 3.50. The number of aryl methyl sites for hydroxylation is 1.